The summed E-state index contributed by atoms with van der Waals surface area (Å²) in [6.07, 6.45) is 0. The molecule has 0 aromatic carbocycles. The van der Waals surface area contributed by atoms with E-state index < -0.39 is 5.60 Å². The maximum absolute atomic E-state index is 9.72. The van der Waals surface area contributed by atoms with Crippen molar-refractivity contribution in [2.24, 2.45) is 0 Å². The highest BCUT2D eigenvalue weighted by Crippen LogP contribution is 2.13. The Morgan fingerprint density at radius 3 is 2.16 bits per heavy atom. The Morgan fingerprint density at radius 1 is 1.11 bits per heavy atom. The molecule has 3 N–H and O–H groups in total. The molecule has 19 heavy (non-hydrogen) atoms. The summed E-state index contributed by atoms with van der Waals surface area (Å²) >= 11 is 0. The normalized spacial score (nSPS) is 11.3. The third-order valence-electron chi connectivity index (χ3n) is 2.57. The number of aliphatic hydroxyl groups is 1. The fraction of sp³-hybridized carbons (Fsp3) is 0.750. The van der Waals surface area contributed by atoms with Crippen molar-refractivity contribution in [2.75, 3.05) is 42.2 Å². The molecule has 0 fully saturated rings. The largest absolute Gasteiger partial charge is 0.389 e. The fourth-order valence-corrected chi connectivity index (χ4v) is 1.50. The average molecular weight is 268 g/mol. The van der Waals surface area contributed by atoms with E-state index in [4.69, 9.17) is 0 Å². The minimum atomic E-state index is -0.818. The summed E-state index contributed by atoms with van der Waals surface area (Å²) in [4.78, 5) is 15.0. The van der Waals surface area contributed by atoms with Crippen molar-refractivity contribution in [3.05, 3.63) is 0 Å². The summed E-state index contributed by atoms with van der Waals surface area (Å²) in [6.45, 7) is 9.59. The molecule has 0 spiro atoms. The van der Waals surface area contributed by atoms with E-state index in [1.54, 1.807) is 20.9 Å². The van der Waals surface area contributed by atoms with Crippen molar-refractivity contribution in [1.29, 1.82) is 0 Å². The predicted molar refractivity (Wildman–Crippen MR) is 77.7 cm³/mol. The summed E-state index contributed by atoms with van der Waals surface area (Å²) in [5.41, 5.74) is -0.818. The highest BCUT2D eigenvalue weighted by Gasteiger charge is 2.15. The summed E-state index contributed by atoms with van der Waals surface area (Å²) < 4.78 is 0. The van der Waals surface area contributed by atoms with Crippen molar-refractivity contribution in [1.82, 2.24) is 15.0 Å². The third kappa shape index (κ3) is 4.86. The molecule has 0 aliphatic rings. The zero-order valence-corrected chi connectivity index (χ0v) is 12.4. The van der Waals surface area contributed by atoms with Crippen molar-refractivity contribution in [2.45, 2.75) is 33.3 Å². The average Bonchev–Trinajstić information content (AvgIpc) is 2.37. The molecule has 7 nitrogen and oxygen atoms in total. The van der Waals surface area contributed by atoms with Gasteiger partial charge in [0.05, 0.1) is 5.60 Å². The van der Waals surface area contributed by atoms with Gasteiger partial charge in [0.2, 0.25) is 17.8 Å². The molecule has 0 atom stereocenters. The zero-order valence-electron chi connectivity index (χ0n) is 12.4. The number of nitrogens with one attached hydrogen (secondary N) is 2. The van der Waals surface area contributed by atoms with Crippen molar-refractivity contribution in [3.8, 4) is 0 Å². The molecule has 7 heteroatoms. The first kappa shape index (κ1) is 15.4. The molecule has 1 heterocycles. The molecule has 1 rings (SSSR count). The molecule has 0 saturated carbocycles. The van der Waals surface area contributed by atoms with Gasteiger partial charge >= 0.3 is 0 Å². The quantitative estimate of drug-likeness (QED) is 0.678. The SMILES string of the molecule is CCN(CC)c1nc(NC)nc(NCC(C)(C)O)n1. The Bertz CT molecular complexity index is 400. The van der Waals surface area contributed by atoms with E-state index in [0.29, 0.717) is 24.4 Å². The van der Waals surface area contributed by atoms with Gasteiger partial charge in [0, 0.05) is 26.7 Å². The lowest BCUT2D eigenvalue weighted by atomic mass is 10.1. The summed E-state index contributed by atoms with van der Waals surface area (Å²) in [5, 5.41) is 15.7. The first-order valence-electron chi connectivity index (χ1n) is 6.54. The van der Waals surface area contributed by atoms with Crippen LogP contribution >= 0.6 is 0 Å². The summed E-state index contributed by atoms with van der Waals surface area (Å²) in [7, 11) is 1.76. The number of anilines is 3. The van der Waals surface area contributed by atoms with E-state index in [-0.39, 0.29) is 0 Å². The highest BCUT2D eigenvalue weighted by molar-refractivity contribution is 5.43. The molecule has 0 saturated heterocycles. The topological polar surface area (TPSA) is 86.2 Å². The minimum Gasteiger partial charge on any atom is -0.389 e. The lowest BCUT2D eigenvalue weighted by Gasteiger charge is -2.21. The van der Waals surface area contributed by atoms with Gasteiger partial charge in [-0.3, -0.25) is 0 Å². The molecule has 0 aliphatic carbocycles. The van der Waals surface area contributed by atoms with Crippen LogP contribution in [0, 0.1) is 0 Å². The monoisotopic (exact) mass is 268 g/mol. The number of nitrogens with zero attached hydrogens (tertiary/aromatic N) is 4. The van der Waals surface area contributed by atoms with Crippen molar-refractivity contribution < 1.29 is 5.11 Å². The molecule has 1 aromatic rings. The first-order chi connectivity index (χ1) is 8.89. The second kappa shape index (κ2) is 6.51. The van der Waals surface area contributed by atoms with Crippen LogP contribution in [-0.4, -0.2) is 52.3 Å². The summed E-state index contributed by atoms with van der Waals surface area (Å²) in [5.74, 6) is 1.60. The zero-order chi connectivity index (χ0) is 14.5. The fourth-order valence-electron chi connectivity index (χ4n) is 1.50. The van der Waals surface area contributed by atoms with Gasteiger partial charge in [0.1, 0.15) is 0 Å². The number of aromatic nitrogens is 3. The Hall–Kier alpha value is -1.63. The molecular formula is C12H24N6O. The van der Waals surface area contributed by atoms with Gasteiger partial charge in [-0.05, 0) is 27.7 Å². The predicted octanol–water partition coefficient (Wildman–Crippen LogP) is 0.942. The first-order valence-corrected chi connectivity index (χ1v) is 6.54. The molecular weight excluding hydrogens is 244 g/mol. The second-order valence-electron chi connectivity index (χ2n) is 4.87. The van der Waals surface area contributed by atoms with E-state index in [2.05, 4.69) is 39.4 Å². The summed E-state index contributed by atoms with van der Waals surface area (Å²) in [6, 6.07) is 0. The van der Waals surface area contributed by atoms with Gasteiger partial charge in [-0.25, -0.2) is 0 Å². The number of rotatable bonds is 7. The van der Waals surface area contributed by atoms with Gasteiger partial charge in [-0.2, -0.15) is 15.0 Å². The van der Waals surface area contributed by atoms with Crippen LogP contribution in [0.5, 0.6) is 0 Å². The van der Waals surface area contributed by atoms with Gasteiger partial charge in [0.25, 0.3) is 0 Å². The molecule has 0 bridgehead atoms. The van der Waals surface area contributed by atoms with E-state index in [0.717, 1.165) is 13.1 Å². The second-order valence-corrected chi connectivity index (χ2v) is 4.87. The van der Waals surface area contributed by atoms with E-state index in [9.17, 15) is 5.11 Å². The molecule has 1 aromatic heterocycles. The van der Waals surface area contributed by atoms with Crippen LogP contribution in [0.15, 0.2) is 0 Å². The van der Waals surface area contributed by atoms with E-state index >= 15 is 0 Å². The van der Waals surface area contributed by atoms with Crippen LogP contribution in [-0.2, 0) is 0 Å². The van der Waals surface area contributed by atoms with Crippen molar-refractivity contribution >= 4 is 17.8 Å². The van der Waals surface area contributed by atoms with Gasteiger partial charge in [-0.1, -0.05) is 0 Å². The molecule has 0 radical (unpaired) electrons. The standard InChI is InChI=1S/C12H24N6O/c1-6-18(7-2)11-16-9(13-5)15-10(17-11)14-8-12(3,4)19/h19H,6-8H2,1-5H3,(H2,13,14,15,16,17). The number of hydrogen-bond donors (Lipinski definition) is 3. The Labute approximate surface area is 114 Å². The van der Waals surface area contributed by atoms with Crippen molar-refractivity contribution in [3.63, 3.8) is 0 Å². The highest BCUT2D eigenvalue weighted by atomic mass is 16.3. The molecule has 0 amide bonds. The Morgan fingerprint density at radius 2 is 1.68 bits per heavy atom. The van der Waals surface area contributed by atoms with Crippen LogP contribution in [0.3, 0.4) is 0 Å². The maximum atomic E-state index is 9.72. The molecule has 0 aliphatic heterocycles. The lowest BCUT2D eigenvalue weighted by Crippen LogP contribution is -2.31. The van der Waals surface area contributed by atoms with Crippen LogP contribution in [0.1, 0.15) is 27.7 Å². The van der Waals surface area contributed by atoms with Gasteiger partial charge in [-0.15, -0.1) is 0 Å². The Balaban J connectivity index is 2.95. The van der Waals surface area contributed by atoms with E-state index in [1.807, 2.05) is 4.90 Å². The number of hydrogen-bond acceptors (Lipinski definition) is 7. The molecule has 108 valence electrons. The third-order valence-corrected chi connectivity index (χ3v) is 2.57. The van der Waals surface area contributed by atoms with Crippen LogP contribution in [0.4, 0.5) is 17.8 Å². The maximum Gasteiger partial charge on any atom is 0.231 e. The van der Waals surface area contributed by atoms with Gasteiger partial charge in [0.15, 0.2) is 0 Å². The Kier molecular flexibility index (Phi) is 5.29. The van der Waals surface area contributed by atoms with Crippen LogP contribution in [0.2, 0.25) is 0 Å². The van der Waals surface area contributed by atoms with Gasteiger partial charge < -0.3 is 20.6 Å². The lowest BCUT2D eigenvalue weighted by molar-refractivity contribution is 0.0943. The minimum absolute atomic E-state index is 0.373. The van der Waals surface area contributed by atoms with E-state index in [1.165, 1.54) is 0 Å². The van der Waals surface area contributed by atoms with Crippen LogP contribution < -0.4 is 15.5 Å². The molecule has 0 unspecified atom stereocenters. The van der Waals surface area contributed by atoms with Crippen LogP contribution in [0.25, 0.3) is 0 Å². The smallest absolute Gasteiger partial charge is 0.231 e.